The molecule has 3 aliphatic carbocycles. The normalized spacial score (nSPS) is 41.5. The topological polar surface area (TPSA) is 41.1 Å². The highest BCUT2D eigenvalue weighted by Crippen LogP contribution is 2.60. The summed E-state index contributed by atoms with van der Waals surface area (Å²) in [6.07, 6.45) is 9.87. The number of fused-ring (bicyclic) bond motifs is 6. The second kappa shape index (κ2) is 4.75. The Bertz CT molecular complexity index is 330. The van der Waals surface area contributed by atoms with E-state index >= 15 is 0 Å². The average Bonchev–Trinajstić information content (AvgIpc) is 2.84. The van der Waals surface area contributed by atoms with E-state index in [1.54, 1.807) is 0 Å². The quantitative estimate of drug-likeness (QED) is 0.794. The van der Waals surface area contributed by atoms with Crippen molar-refractivity contribution in [2.45, 2.75) is 51.9 Å². The highest BCUT2D eigenvalue weighted by Gasteiger charge is 2.52. The maximum absolute atomic E-state index is 11.6. The van der Waals surface area contributed by atoms with Crippen LogP contribution in [0.1, 0.15) is 51.9 Å². The number of carbonyl (C=O) groups excluding carboxylic acids is 1. The van der Waals surface area contributed by atoms with Gasteiger partial charge in [0.1, 0.15) is 0 Å². The van der Waals surface area contributed by atoms with Crippen LogP contribution in [-0.4, -0.2) is 19.1 Å². The molecule has 3 nitrogen and oxygen atoms in total. The first-order chi connectivity index (χ1) is 8.73. The Balaban J connectivity index is 1.66. The van der Waals surface area contributed by atoms with Gasteiger partial charge in [0.15, 0.2) is 0 Å². The summed E-state index contributed by atoms with van der Waals surface area (Å²) < 4.78 is 0. The molecular weight excluding hydrogens is 224 g/mol. The van der Waals surface area contributed by atoms with E-state index in [1.807, 2.05) is 6.92 Å². The van der Waals surface area contributed by atoms with Gasteiger partial charge in [0.25, 0.3) is 0 Å². The molecule has 4 bridgehead atoms. The lowest BCUT2D eigenvalue weighted by Gasteiger charge is -2.50. The monoisotopic (exact) mass is 250 g/mol. The molecule has 0 radical (unpaired) electrons. The molecule has 3 fully saturated rings. The van der Waals surface area contributed by atoms with Crippen LogP contribution >= 0.6 is 0 Å². The molecule has 2 N–H and O–H groups in total. The largest absolute Gasteiger partial charge is 0.338 e. The Labute approximate surface area is 110 Å². The number of hydrogen-bond acceptors (Lipinski definition) is 1. The maximum atomic E-state index is 11.6. The SMILES string of the molecule is CCNC(=O)NC[C@@]12CCC[C@H](C1)[C@@H]1CC[C@H]2C1. The van der Waals surface area contributed by atoms with Crippen LogP contribution in [0.25, 0.3) is 0 Å². The number of rotatable bonds is 3. The van der Waals surface area contributed by atoms with Gasteiger partial charge >= 0.3 is 6.03 Å². The first kappa shape index (κ1) is 12.3. The van der Waals surface area contributed by atoms with E-state index in [4.69, 9.17) is 0 Å². The summed E-state index contributed by atoms with van der Waals surface area (Å²) in [6, 6.07) is 0.0223. The summed E-state index contributed by atoms with van der Waals surface area (Å²) in [7, 11) is 0. The molecule has 0 heterocycles. The van der Waals surface area contributed by atoms with E-state index in [0.29, 0.717) is 12.0 Å². The fourth-order valence-corrected chi connectivity index (χ4v) is 5.00. The van der Waals surface area contributed by atoms with Crippen molar-refractivity contribution >= 4 is 6.03 Å². The van der Waals surface area contributed by atoms with Crippen molar-refractivity contribution in [1.29, 1.82) is 0 Å². The minimum absolute atomic E-state index is 0.0223. The van der Waals surface area contributed by atoms with Crippen molar-refractivity contribution in [2.24, 2.45) is 23.2 Å². The zero-order valence-corrected chi connectivity index (χ0v) is 11.5. The maximum Gasteiger partial charge on any atom is 0.314 e. The van der Waals surface area contributed by atoms with Crippen LogP contribution in [0.4, 0.5) is 4.79 Å². The fraction of sp³-hybridized carbons (Fsp3) is 0.933. The van der Waals surface area contributed by atoms with E-state index in [-0.39, 0.29) is 6.03 Å². The van der Waals surface area contributed by atoms with Crippen LogP contribution in [0.3, 0.4) is 0 Å². The molecule has 4 atom stereocenters. The average molecular weight is 250 g/mol. The molecule has 3 saturated carbocycles. The third kappa shape index (κ3) is 2.02. The molecule has 2 amide bonds. The summed E-state index contributed by atoms with van der Waals surface area (Å²) in [5.41, 5.74) is 0.445. The van der Waals surface area contributed by atoms with Gasteiger partial charge in [-0.15, -0.1) is 0 Å². The number of nitrogens with one attached hydrogen (secondary N) is 2. The number of urea groups is 1. The predicted octanol–water partition coefficient (Wildman–Crippen LogP) is 2.91. The van der Waals surface area contributed by atoms with Gasteiger partial charge in [-0.25, -0.2) is 4.79 Å². The van der Waals surface area contributed by atoms with Crippen molar-refractivity contribution in [2.75, 3.05) is 13.1 Å². The molecule has 0 aromatic carbocycles. The van der Waals surface area contributed by atoms with Gasteiger partial charge in [-0.1, -0.05) is 12.8 Å². The van der Waals surface area contributed by atoms with E-state index < -0.39 is 0 Å². The Kier molecular flexibility index (Phi) is 3.25. The Hall–Kier alpha value is -0.730. The first-order valence-corrected chi connectivity index (χ1v) is 7.75. The van der Waals surface area contributed by atoms with Crippen molar-refractivity contribution in [3.8, 4) is 0 Å². The highest BCUT2D eigenvalue weighted by atomic mass is 16.2. The first-order valence-electron chi connectivity index (χ1n) is 7.75. The van der Waals surface area contributed by atoms with Crippen LogP contribution in [0.2, 0.25) is 0 Å². The molecule has 0 unspecified atom stereocenters. The third-order valence-electron chi connectivity index (χ3n) is 5.86. The van der Waals surface area contributed by atoms with Crippen LogP contribution < -0.4 is 10.6 Å². The zero-order chi connectivity index (χ0) is 12.6. The number of carbonyl (C=O) groups is 1. The minimum Gasteiger partial charge on any atom is -0.338 e. The van der Waals surface area contributed by atoms with E-state index in [0.717, 1.165) is 24.3 Å². The lowest BCUT2D eigenvalue weighted by atomic mass is 9.57. The highest BCUT2D eigenvalue weighted by molar-refractivity contribution is 5.73. The predicted molar refractivity (Wildman–Crippen MR) is 72.3 cm³/mol. The molecular formula is C15H26N2O. The number of amides is 2. The zero-order valence-electron chi connectivity index (χ0n) is 11.5. The second-order valence-corrected chi connectivity index (χ2v) is 6.70. The van der Waals surface area contributed by atoms with E-state index in [1.165, 1.54) is 44.9 Å². The number of hydrogen-bond donors (Lipinski definition) is 2. The summed E-state index contributed by atoms with van der Waals surface area (Å²) in [5, 5.41) is 5.98. The Morgan fingerprint density at radius 1 is 1.22 bits per heavy atom. The lowest BCUT2D eigenvalue weighted by Crippen LogP contribution is -2.49. The van der Waals surface area contributed by atoms with Crippen molar-refractivity contribution in [1.82, 2.24) is 10.6 Å². The molecule has 0 saturated heterocycles. The fourth-order valence-electron chi connectivity index (χ4n) is 5.00. The second-order valence-electron chi connectivity index (χ2n) is 6.70. The van der Waals surface area contributed by atoms with Crippen LogP contribution in [0.5, 0.6) is 0 Å². The summed E-state index contributed by atoms with van der Waals surface area (Å²) in [6.45, 7) is 3.59. The standard InChI is InChI=1S/C15H26N2O/c1-2-16-14(18)17-10-15-7-3-4-12(9-15)11-5-6-13(15)8-11/h11-13H,2-10H2,1H3,(H2,16,17,18)/t11-,12-,13+,15-/m1/s1. The van der Waals surface area contributed by atoms with Gasteiger partial charge < -0.3 is 10.6 Å². The molecule has 3 aliphatic rings. The minimum atomic E-state index is 0.0223. The van der Waals surface area contributed by atoms with Gasteiger partial charge in [0, 0.05) is 13.1 Å². The van der Waals surface area contributed by atoms with Gasteiger partial charge in [0.05, 0.1) is 0 Å². The van der Waals surface area contributed by atoms with Crippen LogP contribution in [0.15, 0.2) is 0 Å². The van der Waals surface area contributed by atoms with Crippen LogP contribution in [-0.2, 0) is 0 Å². The van der Waals surface area contributed by atoms with E-state index in [9.17, 15) is 4.79 Å². The molecule has 102 valence electrons. The van der Waals surface area contributed by atoms with Gasteiger partial charge in [0.2, 0.25) is 0 Å². The Morgan fingerprint density at radius 3 is 2.94 bits per heavy atom. The molecule has 18 heavy (non-hydrogen) atoms. The molecule has 3 heteroatoms. The van der Waals surface area contributed by atoms with Crippen molar-refractivity contribution < 1.29 is 4.79 Å². The summed E-state index contributed by atoms with van der Waals surface area (Å²) in [4.78, 5) is 11.6. The third-order valence-corrected chi connectivity index (χ3v) is 5.86. The molecule has 3 rings (SSSR count). The summed E-state index contributed by atoms with van der Waals surface area (Å²) in [5.74, 6) is 2.88. The van der Waals surface area contributed by atoms with Crippen molar-refractivity contribution in [3.05, 3.63) is 0 Å². The van der Waals surface area contributed by atoms with Gasteiger partial charge in [-0.05, 0) is 62.2 Å². The van der Waals surface area contributed by atoms with E-state index in [2.05, 4.69) is 10.6 Å². The van der Waals surface area contributed by atoms with Gasteiger partial charge in [-0.3, -0.25) is 0 Å². The molecule has 0 spiro atoms. The molecule has 0 aliphatic heterocycles. The summed E-state index contributed by atoms with van der Waals surface area (Å²) >= 11 is 0. The lowest BCUT2D eigenvalue weighted by molar-refractivity contribution is 0.0151. The van der Waals surface area contributed by atoms with Crippen LogP contribution in [0, 0.1) is 23.2 Å². The molecule has 0 aromatic rings. The Morgan fingerprint density at radius 2 is 2.11 bits per heavy atom. The van der Waals surface area contributed by atoms with Crippen molar-refractivity contribution in [3.63, 3.8) is 0 Å². The van der Waals surface area contributed by atoms with Gasteiger partial charge in [-0.2, -0.15) is 0 Å². The molecule has 0 aromatic heterocycles. The smallest absolute Gasteiger partial charge is 0.314 e.